The summed E-state index contributed by atoms with van der Waals surface area (Å²) in [5.41, 5.74) is 2.33. The lowest BCUT2D eigenvalue weighted by atomic mass is 10.2. The lowest BCUT2D eigenvalue weighted by Gasteiger charge is -2.08. The van der Waals surface area contributed by atoms with Gasteiger partial charge < -0.3 is 5.32 Å². The van der Waals surface area contributed by atoms with Crippen molar-refractivity contribution in [1.82, 2.24) is 10.2 Å². The molecule has 0 saturated carbocycles. The zero-order chi connectivity index (χ0) is 14.5. The van der Waals surface area contributed by atoms with Gasteiger partial charge in [-0.05, 0) is 24.6 Å². The highest BCUT2D eigenvalue weighted by atomic mass is 32.2. The molecule has 0 aliphatic rings. The molecule has 1 N–H and O–H groups in total. The van der Waals surface area contributed by atoms with Crippen LogP contribution in [0.2, 0.25) is 0 Å². The molecule has 1 aromatic heterocycles. The van der Waals surface area contributed by atoms with Crippen molar-refractivity contribution < 1.29 is 0 Å². The van der Waals surface area contributed by atoms with Gasteiger partial charge in [-0.25, -0.2) is 0 Å². The number of rotatable bonds is 5. The molecule has 0 amide bonds. The maximum atomic E-state index is 4.25. The topological polar surface area (TPSA) is 37.8 Å². The summed E-state index contributed by atoms with van der Waals surface area (Å²) in [6.45, 7) is 2.19. The maximum Gasteiger partial charge on any atom is 0.210 e. The van der Waals surface area contributed by atoms with E-state index in [4.69, 9.17) is 0 Å². The number of para-hydroxylation sites is 1. The Morgan fingerprint density at radius 2 is 1.62 bits per heavy atom. The summed E-state index contributed by atoms with van der Waals surface area (Å²) < 4.78 is 0.977. The first-order valence-electron chi connectivity index (χ1n) is 6.68. The quantitative estimate of drug-likeness (QED) is 0.662. The van der Waals surface area contributed by atoms with Gasteiger partial charge in [0.15, 0.2) is 4.34 Å². The number of hydrogen-bond donors (Lipinski definition) is 1. The predicted molar refractivity (Wildman–Crippen MR) is 90.3 cm³/mol. The molecule has 0 fully saturated rings. The highest BCUT2D eigenvalue weighted by Crippen LogP contribution is 2.37. The van der Waals surface area contributed by atoms with Crippen molar-refractivity contribution in [2.24, 2.45) is 0 Å². The van der Waals surface area contributed by atoms with Crippen molar-refractivity contribution in [3.8, 4) is 0 Å². The van der Waals surface area contributed by atoms with E-state index in [2.05, 4.69) is 46.7 Å². The Balaban J connectivity index is 1.65. The fourth-order valence-corrected chi connectivity index (χ4v) is 3.94. The summed E-state index contributed by atoms with van der Waals surface area (Å²) in [5, 5.41) is 12.9. The van der Waals surface area contributed by atoms with Crippen LogP contribution in [0.25, 0.3) is 0 Å². The molecule has 106 valence electrons. The summed E-state index contributed by atoms with van der Waals surface area (Å²) in [4.78, 5) is 0. The van der Waals surface area contributed by atoms with Crippen molar-refractivity contribution in [3.63, 3.8) is 0 Å². The average Bonchev–Trinajstić information content (AvgIpc) is 2.96. The van der Waals surface area contributed by atoms with Crippen LogP contribution in [0.4, 0.5) is 10.8 Å². The largest absolute Gasteiger partial charge is 0.330 e. The Labute approximate surface area is 132 Å². The van der Waals surface area contributed by atoms with Crippen LogP contribution in [0.3, 0.4) is 0 Å². The van der Waals surface area contributed by atoms with E-state index in [9.17, 15) is 0 Å². The molecule has 0 aliphatic carbocycles. The van der Waals surface area contributed by atoms with Gasteiger partial charge in [0.1, 0.15) is 0 Å². The van der Waals surface area contributed by atoms with Crippen molar-refractivity contribution >= 4 is 33.9 Å². The molecular weight excluding hydrogens is 298 g/mol. The van der Waals surface area contributed by atoms with E-state index >= 15 is 0 Å². The van der Waals surface area contributed by atoms with E-state index in [1.54, 1.807) is 23.1 Å². The van der Waals surface area contributed by atoms with Gasteiger partial charge in [0.25, 0.3) is 0 Å². The second kappa shape index (κ2) is 6.74. The van der Waals surface area contributed by atoms with Crippen molar-refractivity contribution in [2.75, 3.05) is 5.32 Å². The van der Waals surface area contributed by atoms with E-state index in [1.807, 2.05) is 36.4 Å². The fourth-order valence-electron chi connectivity index (χ4n) is 1.90. The number of nitrogens with one attached hydrogen (secondary N) is 1. The number of thioether (sulfide) groups is 1. The summed E-state index contributed by atoms with van der Waals surface area (Å²) in [6.07, 6.45) is 0. The fraction of sp³-hybridized carbons (Fsp3) is 0.125. The van der Waals surface area contributed by atoms with Gasteiger partial charge in [-0.3, -0.25) is 0 Å². The van der Waals surface area contributed by atoms with Crippen LogP contribution >= 0.6 is 23.1 Å². The van der Waals surface area contributed by atoms with Crippen LogP contribution in [0.15, 0.2) is 65.0 Å². The van der Waals surface area contributed by atoms with Crippen molar-refractivity contribution in [2.45, 2.75) is 16.5 Å². The minimum Gasteiger partial charge on any atom is -0.330 e. The third kappa shape index (κ3) is 3.83. The zero-order valence-corrected chi connectivity index (χ0v) is 13.2. The van der Waals surface area contributed by atoms with Crippen LogP contribution in [0.5, 0.6) is 0 Å². The van der Waals surface area contributed by atoms with Crippen LogP contribution in [-0.2, 0) is 0 Å². The van der Waals surface area contributed by atoms with Gasteiger partial charge in [-0.2, -0.15) is 0 Å². The summed E-state index contributed by atoms with van der Waals surface area (Å²) in [7, 11) is 0. The second-order valence-electron chi connectivity index (χ2n) is 4.53. The first-order chi connectivity index (χ1) is 10.3. The Morgan fingerprint density at radius 3 is 2.33 bits per heavy atom. The maximum absolute atomic E-state index is 4.25. The first kappa shape index (κ1) is 14.1. The molecule has 0 saturated heterocycles. The minimum atomic E-state index is 0.365. The molecule has 2 aromatic carbocycles. The monoisotopic (exact) mass is 313 g/mol. The summed E-state index contributed by atoms with van der Waals surface area (Å²) in [6, 6.07) is 20.5. The molecule has 3 nitrogen and oxygen atoms in total. The van der Waals surface area contributed by atoms with Crippen LogP contribution in [0.1, 0.15) is 17.7 Å². The average molecular weight is 313 g/mol. The minimum absolute atomic E-state index is 0.365. The van der Waals surface area contributed by atoms with E-state index in [0.29, 0.717) is 5.25 Å². The smallest absolute Gasteiger partial charge is 0.210 e. The lowest BCUT2D eigenvalue weighted by Crippen LogP contribution is -1.88. The second-order valence-corrected chi connectivity index (χ2v) is 7.10. The molecule has 0 radical (unpaired) electrons. The molecule has 0 unspecified atom stereocenters. The van der Waals surface area contributed by atoms with Gasteiger partial charge in [0.2, 0.25) is 5.13 Å². The van der Waals surface area contributed by atoms with E-state index in [1.165, 1.54) is 5.56 Å². The SMILES string of the molecule is C[C@H](Sc1nnc(Nc2ccccc2)s1)c1ccccc1. The Kier molecular flexibility index (Phi) is 4.52. The standard InChI is InChI=1S/C16H15N3S2/c1-12(13-8-4-2-5-9-13)20-16-19-18-15(21-16)17-14-10-6-3-7-11-14/h2-12H,1H3,(H,17,18)/t12-/m0/s1. The number of aromatic nitrogens is 2. The van der Waals surface area contributed by atoms with Gasteiger partial charge in [0, 0.05) is 10.9 Å². The molecular formula is C16H15N3S2. The summed E-state index contributed by atoms with van der Waals surface area (Å²) in [5.74, 6) is 0. The van der Waals surface area contributed by atoms with Crippen LogP contribution in [-0.4, -0.2) is 10.2 Å². The van der Waals surface area contributed by atoms with Gasteiger partial charge >= 0.3 is 0 Å². The number of hydrogen-bond acceptors (Lipinski definition) is 5. The molecule has 1 heterocycles. The number of nitrogens with zero attached hydrogens (tertiary/aromatic N) is 2. The van der Waals surface area contributed by atoms with Crippen molar-refractivity contribution in [1.29, 1.82) is 0 Å². The molecule has 21 heavy (non-hydrogen) atoms. The molecule has 0 aliphatic heterocycles. The van der Waals surface area contributed by atoms with Crippen LogP contribution in [0, 0.1) is 0 Å². The third-order valence-corrected chi connectivity index (χ3v) is 5.06. The highest BCUT2D eigenvalue weighted by Gasteiger charge is 2.11. The van der Waals surface area contributed by atoms with E-state index < -0.39 is 0 Å². The Bertz CT molecular complexity index is 683. The highest BCUT2D eigenvalue weighted by molar-refractivity contribution is 8.01. The molecule has 0 bridgehead atoms. The third-order valence-electron chi connectivity index (χ3n) is 2.98. The van der Waals surface area contributed by atoms with E-state index in [0.717, 1.165) is 15.2 Å². The van der Waals surface area contributed by atoms with Crippen LogP contribution < -0.4 is 5.32 Å². The predicted octanol–water partition coefficient (Wildman–Crippen LogP) is 5.14. The number of benzene rings is 2. The van der Waals surface area contributed by atoms with Gasteiger partial charge in [0.05, 0.1) is 0 Å². The molecule has 3 rings (SSSR count). The first-order valence-corrected chi connectivity index (χ1v) is 8.38. The Hall–Kier alpha value is -1.85. The normalized spacial score (nSPS) is 12.0. The van der Waals surface area contributed by atoms with Crippen molar-refractivity contribution in [3.05, 3.63) is 66.2 Å². The molecule has 3 aromatic rings. The van der Waals surface area contributed by atoms with Gasteiger partial charge in [-0.1, -0.05) is 71.6 Å². The zero-order valence-electron chi connectivity index (χ0n) is 11.6. The molecule has 0 spiro atoms. The lowest BCUT2D eigenvalue weighted by molar-refractivity contribution is 1.00. The number of anilines is 2. The Morgan fingerprint density at radius 1 is 0.952 bits per heavy atom. The molecule has 5 heteroatoms. The molecule has 1 atom stereocenters. The summed E-state index contributed by atoms with van der Waals surface area (Å²) >= 11 is 3.31. The van der Waals surface area contributed by atoms with Gasteiger partial charge in [-0.15, -0.1) is 10.2 Å². The van der Waals surface area contributed by atoms with E-state index in [-0.39, 0.29) is 0 Å².